The van der Waals surface area contributed by atoms with Crippen LogP contribution in [-0.4, -0.2) is 19.3 Å². The Kier molecular flexibility index (Phi) is 6.71. The van der Waals surface area contributed by atoms with Crippen LogP contribution >= 0.6 is 0 Å². The number of rotatable bonds is 8. The monoisotopic (exact) mass is 504 g/mol. The van der Waals surface area contributed by atoms with Gasteiger partial charge in [0, 0.05) is 12.5 Å². The van der Waals surface area contributed by atoms with Gasteiger partial charge in [0.05, 0.1) is 18.8 Å². The van der Waals surface area contributed by atoms with Crippen molar-refractivity contribution in [3.05, 3.63) is 48.0 Å². The highest BCUT2D eigenvalue weighted by Gasteiger charge is 2.77. The molecule has 2 nitrogen and oxygen atoms in total. The normalized spacial score (nSPS) is 45.8. The Labute approximate surface area is 227 Å². The van der Waals surface area contributed by atoms with E-state index in [2.05, 4.69) is 77.1 Å². The summed E-state index contributed by atoms with van der Waals surface area (Å²) in [6.07, 6.45) is 17.1. The van der Waals surface area contributed by atoms with Gasteiger partial charge in [0.15, 0.2) is 0 Å². The Morgan fingerprint density at radius 3 is 2.43 bits per heavy atom. The topological polar surface area (TPSA) is 18.5 Å². The molecule has 0 unspecified atom stereocenters. The van der Waals surface area contributed by atoms with Crippen molar-refractivity contribution in [1.29, 1.82) is 0 Å². The highest BCUT2D eigenvalue weighted by atomic mass is 16.5. The van der Waals surface area contributed by atoms with E-state index in [1.54, 1.807) is 0 Å². The summed E-state index contributed by atoms with van der Waals surface area (Å²) in [6, 6.07) is 10.6. The van der Waals surface area contributed by atoms with Crippen LogP contribution in [0.4, 0.5) is 0 Å². The lowest BCUT2D eigenvalue weighted by Crippen LogP contribution is -2.57. The molecule has 1 aromatic rings. The number of ether oxygens (including phenoxy) is 2. The molecule has 0 heterocycles. The predicted molar refractivity (Wildman–Crippen MR) is 152 cm³/mol. The second kappa shape index (κ2) is 9.51. The van der Waals surface area contributed by atoms with E-state index < -0.39 is 0 Å². The maximum Gasteiger partial charge on any atom is 0.0783 e. The summed E-state index contributed by atoms with van der Waals surface area (Å²) >= 11 is 0. The lowest BCUT2D eigenvalue weighted by atomic mass is 9.45. The molecular formula is C35H52O2. The number of hydrogen-bond acceptors (Lipinski definition) is 2. The fraction of sp³-hybridized carbons (Fsp3) is 0.771. The first-order valence-electron chi connectivity index (χ1n) is 15.6. The molecule has 6 rings (SSSR count). The zero-order chi connectivity index (χ0) is 26.0. The van der Waals surface area contributed by atoms with E-state index in [0.29, 0.717) is 40.8 Å². The van der Waals surface area contributed by atoms with Crippen molar-refractivity contribution in [3.63, 3.8) is 0 Å². The van der Waals surface area contributed by atoms with Crippen LogP contribution in [0.15, 0.2) is 42.5 Å². The molecule has 0 amide bonds. The van der Waals surface area contributed by atoms with Crippen LogP contribution in [0.1, 0.15) is 91.5 Å². The van der Waals surface area contributed by atoms with Gasteiger partial charge in [-0.1, -0.05) is 77.1 Å². The Balaban J connectivity index is 1.16. The molecule has 0 aliphatic heterocycles. The van der Waals surface area contributed by atoms with Crippen LogP contribution in [-0.2, 0) is 16.1 Å². The SMILES string of the molecule is CO[C@@H]1C[C@H]2[C@@H]3CC[C@H]([C@H](C)/C=C/[C@@H](OCc4ccccc4)C(C)C)[C@@]3(C)CC[C@@H]2[C@@]2(C)CC[C@@H]3C[C@]312. The molecule has 0 aromatic heterocycles. The maximum atomic E-state index is 6.39. The first kappa shape index (κ1) is 26.1. The maximum absolute atomic E-state index is 6.39. The largest absolute Gasteiger partial charge is 0.381 e. The summed E-state index contributed by atoms with van der Waals surface area (Å²) in [5.74, 6) is 5.54. The molecule has 0 saturated heterocycles. The minimum absolute atomic E-state index is 0.175. The molecule has 0 radical (unpaired) electrons. The summed E-state index contributed by atoms with van der Waals surface area (Å²) in [4.78, 5) is 0. The summed E-state index contributed by atoms with van der Waals surface area (Å²) in [7, 11) is 2.02. The van der Waals surface area contributed by atoms with Gasteiger partial charge in [-0.15, -0.1) is 0 Å². The summed E-state index contributed by atoms with van der Waals surface area (Å²) in [5, 5.41) is 0. The molecule has 1 spiro atoms. The molecule has 11 atom stereocenters. The third-order valence-corrected chi connectivity index (χ3v) is 13.1. The summed E-state index contributed by atoms with van der Waals surface area (Å²) < 4.78 is 12.7. The third kappa shape index (κ3) is 3.94. The lowest BCUT2D eigenvalue weighted by molar-refractivity contribution is -0.160. The molecule has 5 fully saturated rings. The van der Waals surface area contributed by atoms with Crippen molar-refractivity contribution in [2.75, 3.05) is 7.11 Å². The van der Waals surface area contributed by atoms with Crippen LogP contribution in [0.2, 0.25) is 0 Å². The van der Waals surface area contributed by atoms with Crippen molar-refractivity contribution in [2.45, 2.75) is 105 Å². The van der Waals surface area contributed by atoms with Gasteiger partial charge < -0.3 is 9.47 Å². The highest BCUT2D eigenvalue weighted by molar-refractivity contribution is 5.26. The van der Waals surface area contributed by atoms with Crippen molar-refractivity contribution in [3.8, 4) is 0 Å². The van der Waals surface area contributed by atoms with Crippen LogP contribution in [0.3, 0.4) is 0 Å². The lowest BCUT2D eigenvalue weighted by Gasteiger charge is -2.61. The quantitative estimate of drug-likeness (QED) is 0.330. The molecule has 0 bridgehead atoms. The molecule has 0 N–H and O–H groups in total. The van der Waals surface area contributed by atoms with E-state index in [1.807, 2.05) is 7.11 Å². The van der Waals surface area contributed by atoms with Gasteiger partial charge in [0.2, 0.25) is 0 Å². The Morgan fingerprint density at radius 1 is 0.946 bits per heavy atom. The second-order valence-electron chi connectivity index (χ2n) is 14.7. The van der Waals surface area contributed by atoms with E-state index in [0.717, 1.165) is 29.6 Å². The number of fused-ring (bicyclic) bond motifs is 4. The number of methoxy groups -OCH3 is 1. The smallest absolute Gasteiger partial charge is 0.0783 e. The van der Waals surface area contributed by atoms with Gasteiger partial charge in [-0.25, -0.2) is 0 Å². The van der Waals surface area contributed by atoms with Gasteiger partial charge >= 0.3 is 0 Å². The molecular weight excluding hydrogens is 452 g/mol. The molecule has 5 aliphatic rings. The molecule has 5 saturated carbocycles. The third-order valence-electron chi connectivity index (χ3n) is 13.1. The molecule has 204 valence electrons. The fourth-order valence-corrected chi connectivity index (χ4v) is 11.1. The van der Waals surface area contributed by atoms with Gasteiger partial charge in [0.1, 0.15) is 0 Å². The highest BCUT2D eigenvalue weighted by Crippen LogP contribution is 2.82. The zero-order valence-corrected chi connectivity index (χ0v) is 24.4. The average Bonchev–Trinajstić information content (AvgIpc) is 3.39. The Bertz CT molecular complexity index is 984. The number of benzene rings is 1. The van der Waals surface area contributed by atoms with Crippen molar-refractivity contribution < 1.29 is 9.47 Å². The Hall–Kier alpha value is -1.12. The van der Waals surface area contributed by atoms with E-state index >= 15 is 0 Å². The van der Waals surface area contributed by atoms with Crippen molar-refractivity contribution in [2.24, 2.45) is 57.7 Å². The summed E-state index contributed by atoms with van der Waals surface area (Å²) in [6.45, 7) is 13.1. The first-order valence-corrected chi connectivity index (χ1v) is 15.6. The second-order valence-corrected chi connectivity index (χ2v) is 14.7. The predicted octanol–water partition coefficient (Wildman–Crippen LogP) is 8.70. The van der Waals surface area contributed by atoms with Crippen LogP contribution in [0.25, 0.3) is 0 Å². The molecule has 1 aromatic carbocycles. The van der Waals surface area contributed by atoms with E-state index in [9.17, 15) is 0 Å². The van der Waals surface area contributed by atoms with Crippen LogP contribution in [0, 0.1) is 57.7 Å². The van der Waals surface area contributed by atoms with Gasteiger partial charge in [-0.3, -0.25) is 0 Å². The van der Waals surface area contributed by atoms with Crippen molar-refractivity contribution in [1.82, 2.24) is 0 Å². The van der Waals surface area contributed by atoms with Gasteiger partial charge in [-0.05, 0) is 109 Å². The van der Waals surface area contributed by atoms with Crippen molar-refractivity contribution >= 4 is 0 Å². The number of hydrogen-bond donors (Lipinski definition) is 0. The molecule has 5 aliphatic carbocycles. The van der Waals surface area contributed by atoms with Crippen LogP contribution < -0.4 is 0 Å². The zero-order valence-electron chi connectivity index (χ0n) is 24.4. The van der Waals surface area contributed by atoms with E-state index in [-0.39, 0.29) is 6.10 Å². The van der Waals surface area contributed by atoms with Gasteiger partial charge in [0.25, 0.3) is 0 Å². The standard InChI is InChI=1S/C35H52O2/c1-23(2)31(37-22-25-10-8-7-9-11-25)15-12-24(3)28-13-14-29-27-20-32(36-6)35-21-26(35)16-19-34(35,5)30(27)17-18-33(28,29)4/h7-12,15,23-24,26-32H,13-14,16-22H2,1-6H3/b15-12+/t24-,26-,27+,28-,29+,30+,31-,32-,33-,34-,35+/m1/s1. The van der Waals surface area contributed by atoms with E-state index in [1.165, 1.54) is 56.9 Å². The number of allylic oxidation sites excluding steroid dienone is 1. The van der Waals surface area contributed by atoms with E-state index in [4.69, 9.17) is 9.47 Å². The Morgan fingerprint density at radius 2 is 1.73 bits per heavy atom. The average molecular weight is 505 g/mol. The first-order chi connectivity index (χ1) is 17.7. The summed E-state index contributed by atoms with van der Waals surface area (Å²) in [5.41, 5.74) is 2.81. The van der Waals surface area contributed by atoms with Crippen LogP contribution in [0.5, 0.6) is 0 Å². The fourth-order valence-electron chi connectivity index (χ4n) is 11.1. The van der Waals surface area contributed by atoms with Gasteiger partial charge in [-0.2, -0.15) is 0 Å². The molecule has 37 heavy (non-hydrogen) atoms. The molecule has 2 heteroatoms. The minimum atomic E-state index is 0.175. The minimum Gasteiger partial charge on any atom is -0.381 e.